The summed E-state index contributed by atoms with van der Waals surface area (Å²) >= 11 is 7.73. The topological polar surface area (TPSA) is 43.8 Å². The number of benzene rings is 1. The van der Waals surface area contributed by atoms with Gasteiger partial charge in [0, 0.05) is 33.9 Å². The highest BCUT2D eigenvalue weighted by molar-refractivity contribution is 7.13. The van der Waals surface area contributed by atoms with Crippen LogP contribution in [0, 0.1) is 13.8 Å². The van der Waals surface area contributed by atoms with Crippen LogP contribution >= 0.6 is 22.9 Å². The van der Waals surface area contributed by atoms with E-state index in [1.807, 2.05) is 23.6 Å². The quantitative estimate of drug-likeness (QED) is 0.772. The number of hydrogen-bond donors (Lipinski definition) is 1. The molecular formula is C16H16ClN3S. The van der Waals surface area contributed by atoms with E-state index >= 15 is 0 Å². The van der Waals surface area contributed by atoms with Crippen LogP contribution in [0.2, 0.25) is 5.02 Å². The first-order valence-corrected chi connectivity index (χ1v) is 7.93. The van der Waals surface area contributed by atoms with Crippen molar-refractivity contribution in [1.29, 1.82) is 0 Å². The lowest BCUT2D eigenvalue weighted by molar-refractivity contribution is 0.750. The molecule has 0 saturated carbocycles. The number of nitrogens with two attached hydrogens (primary N) is 1. The van der Waals surface area contributed by atoms with E-state index in [0.717, 1.165) is 28.4 Å². The van der Waals surface area contributed by atoms with Gasteiger partial charge in [0.05, 0.1) is 5.69 Å². The Morgan fingerprint density at radius 1 is 1.29 bits per heavy atom. The maximum atomic E-state index is 6.27. The molecule has 0 bridgehead atoms. The molecule has 0 amide bonds. The number of hydrogen-bond acceptors (Lipinski definition) is 3. The maximum Gasteiger partial charge on any atom is 0.180 e. The highest BCUT2D eigenvalue weighted by Crippen LogP contribution is 2.30. The third-order valence-electron chi connectivity index (χ3n) is 3.66. The van der Waals surface area contributed by atoms with Crippen molar-refractivity contribution in [3.8, 4) is 11.3 Å². The summed E-state index contributed by atoms with van der Waals surface area (Å²) in [6, 6.07) is 10.1. The highest BCUT2D eigenvalue weighted by atomic mass is 35.5. The molecule has 0 radical (unpaired) electrons. The molecule has 0 unspecified atom stereocenters. The smallest absolute Gasteiger partial charge is 0.180 e. The van der Waals surface area contributed by atoms with Gasteiger partial charge in [0.1, 0.15) is 0 Å². The van der Waals surface area contributed by atoms with Crippen LogP contribution in [0.15, 0.2) is 35.7 Å². The second kappa shape index (κ2) is 5.54. The minimum atomic E-state index is 0.598. The molecule has 3 nitrogen and oxygen atoms in total. The molecule has 0 aliphatic heterocycles. The van der Waals surface area contributed by atoms with Crippen LogP contribution in [0.4, 0.5) is 5.13 Å². The van der Waals surface area contributed by atoms with Gasteiger partial charge in [0.25, 0.3) is 0 Å². The van der Waals surface area contributed by atoms with Crippen molar-refractivity contribution in [1.82, 2.24) is 9.55 Å². The third-order valence-corrected chi connectivity index (χ3v) is 4.70. The molecule has 3 rings (SSSR count). The van der Waals surface area contributed by atoms with E-state index in [9.17, 15) is 0 Å². The van der Waals surface area contributed by atoms with Crippen molar-refractivity contribution in [3.63, 3.8) is 0 Å². The Labute approximate surface area is 133 Å². The molecule has 1 aromatic carbocycles. The van der Waals surface area contributed by atoms with Gasteiger partial charge in [0.2, 0.25) is 0 Å². The third kappa shape index (κ3) is 2.69. The minimum Gasteiger partial charge on any atom is -0.375 e. The number of halogens is 1. The highest BCUT2D eigenvalue weighted by Gasteiger charge is 2.14. The molecule has 3 aromatic rings. The Hall–Kier alpha value is -1.78. The number of aryl methyl sites for hydroxylation is 1. The van der Waals surface area contributed by atoms with Crippen LogP contribution < -0.4 is 5.73 Å². The van der Waals surface area contributed by atoms with Crippen molar-refractivity contribution in [2.45, 2.75) is 20.4 Å². The summed E-state index contributed by atoms with van der Waals surface area (Å²) in [4.78, 5) is 4.38. The van der Waals surface area contributed by atoms with Gasteiger partial charge in [-0.2, -0.15) is 0 Å². The van der Waals surface area contributed by atoms with E-state index < -0.39 is 0 Å². The average Bonchev–Trinajstić information content (AvgIpc) is 2.99. The van der Waals surface area contributed by atoms with Gasteiger partial charge in [-0.15, -0.1) is 11.3 Å². The minimum absolute atomic E-state index is 0.598. The molecule has 108 valence electrons. The van der Waals surface area contributed by atoms with Crippen molar-refractivity contribution < 1.29 is 0 Å². The second-order valence-corrected chi connectivity index (χ2v) is 6.33. The average molecular weight is 318 g/mol. The Balaban J connectivity index is 2.01. The molecule has 5 heteroatoms. The van der Waals surface area contributed by atoms with Crippen LogP contribution in [0.1, 0.15) is 17.0 Å². The first kappa shape index (κ1) is 14.2. The van der Waals surface area contributed by atoms with Crippen LogP contribution in [0.5, 0.6) is 0 Å². The molecule has 0 atom stereocenters. The van der Waals surface area contributed by atoms with Crippen molar-refractivity contribution in [3.05, 3.63) is 57.7 Å². The molecule has 0 aliphatic carbocycles. The Morgan fingerprint density at radius 3 is 2.71 bits per heavy atom. The van der Waals surface area contributed by atoms with Gasteiger partial charge in [-0.3, -0.25) is 0 Å². The van der Waals surface area contributed by atoms with E-state index in [-0.39, 0.29) is 0 Å². The number of anilines is 1. The summed E-state index contributed by atoms with van der Waals surface area (Å²) in [6.45, 7) is 4.97. The normalized spacial score (nSPS) is 11.0. The van der Waals surface area contributed by atoms with Crippen LogP contribution in [0.25, 0.3) is 11.3 Å². The molecule has 2 aromatic heterocycles. The molecular weight excluding hydrogens is 302 g/mol. The fraction of sp³-hybridized carbons (Fsp3) is 0.188. The zero-order valence-corrected chi connectivity index (χ0v) is 13.5. The zero-order valence-electron chi connectivity index (χ0n) is 11.9. The lowest BCUT2D eigenvalue weighted by Gasteiger charge is -2.11. The van der Waals surface area contributed by atoms with E-state index in [1.54, 1.807) is 0 Å². The predicted molar refractivity (Wildman–Crippen MR) is 90.0 cm³/mol. The van der Waals surface area contributed by atoms with Gasteiger partial charge in [-0.1, -0.05) is 29.8 Å². The summed E-state index contributed by atoms with van der Waals surface area (Å²) < 4.78 is 2.26. The lowest BCUT2D eigenvalue weighted by atomic mass is 10.2. The molecule has 0 saturated heterocycles. The molecule has 0 spiro atoms. The first-order valence-electron chi connectivity index (χ1n) is 6.68. The summed E-state index contributed by atoms with van der Waals surface area (Å²) in [5, 5.41) is 3.39. The largest absolute Gasteiger partial charge is 0.375 e. The lowest BCUT2D eigenvalue weighted by Crippen LogP contribution is -2.04. The van der Waals surface area contributed by atoms with E-state index in [0.29, 0.717) is 5.13 Å². The standard InChI is InChI=1S/C16H16ClN3S/c1-10-7-13(15-9-21-16(18)19-15)11(2)20(10)8-12-5-3-4-6-14(12)17/h3-7,9H,8H2,1-2H3,(H2,18,19). The second-order valence-electron chi connectivity index (χ2n) is 5.03. The monoisotopic (exact) mass is 317 g/mol. The van der Waals surface area contributed by atoms with Crippen molar-refractivity contribution in [2.75, 3.05) is 5.73 Å². The zero-order chi connectivity index (χ0) is 15.0. The van der Waals surface area contributed by atoms with Crippen LogP contribution in [-0.2, 0) is 6.54 Å². The number of nitrogens with zero attached hydrogens (tertiary/aromatic N) is 2. The molecule has 2 heterocycles. The molecule has 0 fully saturated rings. The van der Waals surface area contributed by atoms with Crippen molar-refractivity contribution >= 4 is 28.1 Å². The maximum absolute atomic E-state index is 6.27. The Morgan fingerprint density at radius 2 is 2.05 bits per heavy atom. The van der Waals surface area contributed by atoms with E-state index in [1.165, 1.54) is 22.7 Å². The number of thiazole rings is 1. The van der Waals surface area contributed by atoms with E-state index in [2.05, 4.69) is 35.5 Å². The first-order chi connectivity index (χ1) is 10.1. The molecule has 2 N–H and O–H groups in total. The van der Waals surface area contributed by atoms with Gasteiger partial charge in [-0.25, -0.2) is 4.98 Å². The summed E-state index contributed by atoms with van der Waals surface area (Å²) in [5.74, 6) is 0. The molecule has 21 heavy (non-hydrogen) atoms. The summed E-state index contributed by atoms with van der Waals surface area (Å²) in [6.07, 6.45) is 0. The van der Waals surface area contributed by atoms with Gasteiger partial charge in [0.15, 0.2) is 5.13 Å². The van der Waals surface area contributed by atoms with Crippen LogP contribution in [0.3, 0.4) is 0 Å². The van der Waals surface area contributed by atoms with Gasteiger partial charge < -0.3 is 10.3 Å². The Bertz CT molecular complexity index is 789. The SMILES string of the molecule is Cc1cc(-c2csc(N)n2)c(C)n1Cc1ccccc1Cl. The van der Waals surface area contributed by atoms with Crippen LogP contribution in [-0.4, -0.2) is 9.55 Å². The summed E-state index contributed by atoms with van der Waals surface area (Å²) in [5.41, 5.74) is 11.3. The van der Waals surface area contributed by atoms with Crippen molar-refractivity contribution in [2.24, 2.45) is 0 Å². The molecule has 0 aliphatic rings. The fourth-order valence-electron chi connectivity index (χ4n) is 2.51. The summed E-state index contributed by atoms with van der Waals surface area (Å²) in [7, 11) is 0. The number of rotatable bonds is 3. The predicted octanol–water partition coefficient (Wildman–Crippen LogP) is 4.51. The number of aromatic nitrogens is 2. The van der Waals surface area contributed by atoms with E-state index in [4.69, 9.17) is 17.3 Å². The van der Waals surface area contributed by atoms with Gasteiger partial charge in [-0.05, 0) is 31.5 Å². The fourth-order valence-corrected chi connectivity index (χ4v) is 3.27. The Kier molecular flexibility index (Phi) is 3.74. The van der Waals surface area contributed by atoms with Gasteiger partial charge >= 0.3 is 0 Å². The number of nitrogen functional groups attached to an aromatic ring is 1.